The number of hydrogen-bond acceptors (Lipinski definition) is 5. The highest BCUT2D eigenvalue weighted by atomic mass is 32.2. The maximum atomic E-state index is 12.8. The molecule has 26 heavy (non-hydrogen) atoms. The number of ether oxygens (including phenoxy) is 1. The van der Waals surface area contributed by atoms with Gasteiger partial charge in [-0.3, -0.25) is 4.79 Å². The largest absolute Gasteiger partial charge is 0.378 e. The zero-order chi connectivity index (χ0) is 18.7. The van der Waals surface area contributed by atoms with Gasteiger partial charge in [-0.25, -0.2) is 8.42 Å². The molecule has 3 aliphatic rings. The smallest absolute Gasteiger partial charge is 0.239 e. The average molecular weight is 388 g/mol. The van der Waals surface area contributed by atoms with Gasteiger partial charge < -0.3 is 15.0 Å². The second-order valence-electron chi connectivity index (χ2n) is 8.07. The van der Waals surface area contributed by atoms with E-state index in [4.69, 9.17) is 4.74 Å². The van der Waals surface area contributed by atoms with Gasteiger partial charge >= 0.3 is 0 Å². The van der Waals surface area contributed by atoms with Crippen molar-refractivity contribution in [2.75, 3.05) is 38.5 Å². The van der Waals surface area contributed by atoms with Crippen LogP contribution >= 0.6 is 0 Å². The highest BCUT2D eigenvalue weighted by Crippen LogP contribution is 2.33. The summed E-state index contributed by atoms with van der Waals surface area (Å²) in [7, 11) is -3.31. The second kappa shape index (κ2) is 8.54. The van der Waals surface area contributed by atoms with Crippen molar-refractivity contribution in [3.63, 3.8) is 0 Å². The van der Waals surface area contributed by atoms with E-state index in [2.05, 4.69) is 5.32 Å². The first-order chi connectivity index (χ1) is 12.4. The van der Waals surface area contributed by atoms with Crippen LogP contribution in [0.4, 0.5) is 0 Å². The highest BCUT2D eigenvalue weighted by molar-refractivity contribution is 7.89. The first-order valence-corrected chi connectivity index (χ1v) is 11.6. The number of nitrogens with zero attached hydrogens (tertiary/aromatic N) is 2. The fourth-order valence-electron chi connectivity index (χ4n) is 4.44. The Bertz CT molecular complexity index is 573. The Morgan fingerprint density at radius 3 is 2.50 bits per heavy atom. The molecule has 1 saturated carbocycles. The number of amides is 1. The van der Waals surface area contributed by atoms with Crippen LogP contribution in [0.3, 0.4) is 0 Å². The molecule has 0 aromatic heterocycles. The second-order valence-corrected chi connectivity index (χ2v) is 10.2. The lowest BCUT2D eigenvalue weighted by Crippen LogP contribution is -2.55. The van der Waals surface area contributed by atoms with Crippen LogP contribution in [-0.2, 0) is 19.6 Å². The van der Waals surface area contributed by atoms with Crippen LogP contribution in [0, 0.1) is 5.92 Å². The van der Waals surface area contributed by atoms with Crippen LogP contribution in [0.2, 0.25) is 0 Å². The standard InChI is InChI=1S/C18H33N3O4S/c1-14(2)25-11-12-26(23,24)21-9-7-20(8-10-21)18(22)17-13-15-5-3-4-6-16(15)19-17/h14-17,19H,3-13H2,1-2H3. The summed E-state index contributed by atoms with van der Waals surface area (Å²) in [5.41, 5.74) is 0. The number of carbonyl (C=O) groups excluding carboxylic acids is 1. The van der Waals surface area contributed by atoms with Crippen molar-refractivity contribution in [2.45, 2.75) is 64.1 Å². The topological polar surface area (TPSA) is 79.0 Å². The Morgan fingerprint density at radius 1 is 1.15 bits per heavy atom. The zero-order valence-corrected chi connectivity index (χ0v) is 16.8. The Hall–Kier alpha value is -0.700. The number of nitrogens with one attached hydrogen (secondary N) is 1. The quantitative estimate of drug-likeness (QED) is 0.730. The first kappa shape index (κ1) is 20.0. The molecule has 1 amide bonds. The van der Waals surface area contributed by atoms with Crippen molar-refractivity contribution < 1.29 is 17.9 Å². The molecule has 0 radical (unpaired) electrons. The van der Waals surface area contributed by atoms with E-state index >= 15 is 0 Å². The molecule has 1 aliphatic carbocycles. The van der Waals surface area contributed by atoms with Crippen LogP contribution in [-0.4, -0.2) is 80.3 Å². The van der Waals surface area contributed by atoms with E-state index < -0.39 is 10.0 Å². The molecule has 0 bridgehead atoms. The van der Waals surface area contributed by atoms with Crippen molar-refractivity contribution in [3.8, 4) is 0 Å². The lowest BCUT2D eigenvalue weighted by Gasteiger charge is -2.35. The molecule has 150 valence electrons. The van der Waals surface area contributed by atoms with Gasteiger partial charge in [0.25, 0.3) is 0 Å². The van der Waals surface area contributed by atoms with Crippen molar-refractivity contribution >= 4 is 15.9 Å². The third kappa shape index (κ3) is 4.77. The normalized spacial score (nSPS) is 30.6. The molecule has 3 atom stereocenters. The fourth-order valence-corrected chi connectivity index (χ4v) is 5.72. The molecule has 3 unspecified atom stereocenters. The Kier molecular flexibility index (Phi) is 6.59. The number of hydrogen-bond donors (Lipinski definition) is 1. The summed E-state index contributed by atoms with van der Waals surface area (Å²) < 4.78 is 31.7. The van der Waals surface area contributed by atoms with Gasteiger partial charge in [0.05, 0.1) is 24.5 Å². The third-order valence-electron chi connectivity index (χ3n) is 5.90. The predicted molar refractivity (Wildman–Crippen MR) is 100 cm³/mol. The van der Waals surface area contributed by atoms with Gasteiger partial charge in [-0.2, -0.15) is 4.31 Å². The Balaban J connectivity index is 1.46. The van der Waals surface area contributed by atoms with Gasteiger partial charge in [0.1, 0.15) is 0 Å². The molecule has 8 heteroatoms. The minimum atomic E-state index is -3.31. The highest BCUT2D eigenvalue weighted by Gasteiger charge is 2.40. The third-order valence-corrected chi connectivity index (χ3v) is 7.73. The molecular formula is C18H33N3O4S. The van der Waals surface area contributed by atoms with Gasteiger partial charge in [-0.15, -0.1) is 0 Å². The van der Waals surface area contributed by atoms with Crippen LogP contribution in [0.25, 0.3) is 0 Å². The number of sulfonamides is 1. The van der Waals surface area contributed by atoms with Gasteiger partial charge in [-0.05, 0) is 39.0 Å². The van der Waals surface area contributed by atoms with Crippen molar-refractivity contribution in [1.29, 1.82) is 0 Å². The zero-order valence-electron chi connectivity index (χ0n) is 16.0. The Morgan fingerprint density at radius 2 is 1.85 bits per heavy atom. The molecule has 3 fully saturated rings. The summed E-state index contributed by atoms with van der Waals surface area (Å²) in [6.07, 6.45) is 5.91. The van der Waals surface area contributed by atoms with Crippen LogP contribution < -0.4 is 5.32 Å². The van der Waals surface area contributed by atoms with Gasteiger partial charge in [0, 0.05) is 32.2 Å². The number of fused-ring (bicyclic) bond motifs is 1. The molecule has 1 N–H and O–H groups in total. The Labute approximate surface area is 157 Å². The molecule has 0 aromatic carbocycles. The number of rotatable bonds is 6. The lowest BCUT2D eigenvalue weighted by molar-refractivity contribution is -0.134. The van der Waals surface area contributed by atoms with Crippen LogP contribution in [0.15, 0.2) is 0 Å². The summed E-state index contributed by atoms with van der Waals surface area (Å²) in [6, 6.07) is 0.422. The fraction of sp³-hybridized carbons (Fsp3) is 0.944. The molecule has 2 heterocycles. The van der Waals surface area contributed by atoms with E-state index in [-0.39, 0.29) is 30.4 Å². The minimum Gasteiger partial charge on any atom is -0.378 e. The first-order valence-electron chi connectivity index (χ1n) is 10.0. The summed E-state index contributed by atoms with van der Waals surface area (Å²) in [4.78, 5) is 14.7. The van der Waals surface area contributed by atoms with E-state index in [1.54, 1.807) is 0 Å². The van der Waals surface area contributed by atoms with E-state index in [0.29, 0.717) is 38.1 Å². The summed E-state index contributed by atoms with van der Waals surface area (Å²) in [5, 5.41) is 3.53. The lowest BCUT2D eigenvalue weighted by atomic mass is 9.85. The molecule has 2 aliphatic heterocycles. The molecule has 0 spiro atoms. The molecule has 7 nitrogen and oxygen atoms in total. The predicted octanol–water partition coefficient (Wildman–Crippen LogP) is 0.806. The maximum absolute atomic E-state index is 12.8. The molecule has 2 saturated heterocycles. The van der Waals surface area contributed by atoms with E-state index in [1.165, 1.54) is 30.0 Å². The average Bonchev–Trinajstić information content (AvgIpc) is 3.05. The van der Waals surface area contributed by atoms with E-state index in [1.807, 2.05) is 18.7 Å². The van der Waals surface area contributed by atoms with Crippen molar-refractivity contribution in [2.24, 2.45) is 5.92 Å². The van der Waals surface area contributed by atoms with E-state index in [0.717, 1.165) is 6.42 Å². The van der Waals surface area contributed by atoms with Crippen LogP contribution in [0.5, 0.6) is 0 Å². The van der Waals surface area contributed by atoms with Gasteiger partial charge in [-0.1, -0.05) is 12.8 Å². The minimum absolute atomic E-state index is 0.00661. The maximum Gasteiger partial charge on any atom is 0.239 e. The monoisotopic (exact) mass is 387 g/mol. The summed E-state index contributed by atoms with van der Waals surface area (Å²) >= 11 is 0. The van der Waals surface area contributed by atoms with Crippen LogP contribution in [0.1, 0.15) is 46.0 Å². The number of piperazine rings is 1. The molecular weight excluding hydrogens is 354 g/mol. The SMILES string of the molecule is CC(C)OCCS(=O)(=O)N1CCN(C(=O)C2CC3CCCCC3N2)CC1. The molecule has 0 aromatic rings. The van der Waals surface area contributed by atoms with E-state index in [9.17, 15) is 13.2 Å². The summed E-state index contributed by atoms with van der Waals surface area (Å²) in [6.45, 7) is 5.74. The molecule has 3 rings (SSSR count). The van der Waals surface area contributed by atoms with Crippen molar-refractivity contribution in [3.05, 3.63) is 0 Å². The van der Waals surface area contributed by atoms with Gasteiger partial charge in [0.15, 0.2) is 0 Å². The summed E-state index contributed by atoms with van der Waals surface area (Å²) in [5.74, 6) is 0.798. The van der Waals surface area contributed by atoms with Gasteiger partial charge in [0.2, 0.25) is 15.9 Å². The number of carbonyl (C=O) groups is 1. The van der Waals surface area contributed by atoms with Crippen molar-refractivity contribution in [1.82, 2.24) is 14.5 Å².